The minimum atomic E-state index is -0.299. The van der Waals surface area contributed by atoms with Crippen LogP contribution in [0.3, 0.4) is 0 Å². The lowest BCUT2D eigenvalue weighted by atomic mass is 10.1. The number of aromatic nitrogens is 1. The molecule has 0 spiro atoms. The largest absolute Gasteiger partial charge is 0.490 e. The zero-order valence-corrected chi connectivity index (χ0v) is 18.8. The maximum atomic E-state index is 12.9. The molecular formula is C24H26N2O7. The van der Waals surface area contributed by atoms with Crippen molar-refractivity contribution in [3.05, 3.63) is 47.7 Å². The van der Waals surface area contributed by atoms with Gasteiger partial charge in [-0.25, -0.2) is 0 Å². The van der Waals surface area contributed by atoms with E-state index in [1.807, 2.05) is 39.0 Å². The highest BCUT2D eigenvalue weighted by Crippen LogP contribution is 2.39. The molecule has 0 atom stereocenters. The molecule has 2 aromatic carbocycles. The summed E-state index contributed by atoms with van der Waals surface area (Å²) >= 11 is 0. The molecule has 9 nitrogen and oxygen atoms in total. The number of nitrogens with zero attached hydrogens (tertiary/aromatic N) is 1. The Balaban J connectivity index is 1.47. The zero-order chi connectivity index (χ0) is 23.2. The zero-order valence-electron chi connectivity index (χ0n) is 18.8. The van der Waals surface area contributed by atoms with Gasteiger partial charge in [-0.15, -0.1) is 0 Å². The van der Waals surface area contributed by atoms with Gasteiger partial charge in [0, 0.05) is 17.2 Å². The second kappa shape index (κ2) is 10.2. The van der Waals surface area contributed by atoms with E-state index in [2.05, 4.69) is 10.5 Å². The van der Waals surface area contributed by atoms with Crippen molar-refractivity contribution in [2.24, 2.45) is 0 Å². The van der Waals surface area contributed by atoms with Gasteiger partial charge in [-0.2, -0.15) is 0 Å². The van der Waals surface area contributed by atoms with Gasteiger partial charge in [-0.3, -0.25) is 4.79 Å². The molecule has 0 fully saturated rings. The van der Waals surface area contributed by atoms with E-state index in [0.717, 1.165) is 5.56 Å². The van der Waals surface area contributed by atoms with Gasteiger partial charge in [-0.05, 0) is 51.1 Å². The number of hydrogen-bond donors (Lipinski definition) is 1. The van der Waals surface area contributed by atoms with Crippen LogP contribution in [0.15, 0.2) is 40.9 Å². The van der Waals surface area contributed by atoms with Crippen LogP contribution in [0.5, 0.6) is 28.7 Å². The predicted octanol–water partition coefficient (Wildman–Crippen LogP) is 4.20. The Hall–Kier alpha value is -3.88. The van der Waals surface area contributed by atoms with E-state index in [4.69, 9.17) is 28.2 Å². The van der Waals surface area contributed by atoms with Crippen molar-refractivity contribution in [1.29, 1.82) is 0 Å². The standard InChI is InChI=1S/C24H26N2O7/c1-4-28-21-10-16(11-22(29-5-2)23(21)30-6-3)24(27)25-13-17-12-19(33-26-17)15-7-8-18-20(9-15)32-14-31-18/h7-12H,4-6,13-14H2,1-3H3,(H,25,27). The van der Waals surface area contributed by atoms with Gasteiger partial charge in [0.1, 0.15) is 5.69 Å². The van der Waals surface area contributed by atoms with Gasteiger partial charge < -0.3 is 33.5 Å². The molecule has 1 N–H and O–H groups in total. The fraction of sp³-hybridized carbons (Fsp3) is 0.333. The van der Waals surface area contributed by atoms with E-state index >= 15 is 0 Å². The van der Waals surface area contributed by atoms with E-state index in [0.29, 0.717) is 65.6 Å². The Kier molecular flexibility index (Phi) is 6.87. The molecule has 174 valence electrons. The molecule has 3 aromatic rings. The lowest BCUT2D eigenvalue weighted by Gasteiger charge is -2.17. The van der Waals surface area contributed by atoms with E-state index in [1.165, 1.54) is 0 Å². The fourth-order valence-electron chi connectivity index (χ4n) is 3.37. The first-order valence-electron chi connectivity index (χ1n) is 10.8. The van der Waals surface area contributed by atoms with Gasteiger partial charge in [0.05, 0.1) is 26.4 Å². The average molecular weight is 454 g/mol. The van der Waals surface area contributed by atoms with Crippen molar-refractivity contribution >= 4 is 5.91 Å². The van der Waals surface area contributed by atoms with Gasteiger partial charge in [0.2, 0.25) is 12.5 Å². The molecular weight excluding hydrogens is 428 g/mol. The predicted molar refractivity (Wildman–Crippen MR) is 119 cm³/mol. The van der Waals surface area contributed by atoms with Crippen LogP contribution < -0.4 is 29.0 Å². The lowest BCUT2D eigenvalue weighted by molar-refractivity contribution is 0.0949. The molecule has 0 unspecified atom stereocenters. The van der Waals surface area contributed by atoms with Crippen LogP contribution in [0.1, 0.15) is 36.8 Å². The van der Waals surface area contributed by atoms with Crippen LogP contribution >= 0.6 is 0 Å². The van der Waals surface area contributed by atoms with Crippen LogP contribution in [-0.2, 0) is 6.54 Å². The van der Waals surface area contributed by atoms with Crippen LogP contribution in [0.25, 0.3) is 11.3 Å². The maximum absolute atomic E-state index is 12.9. The first kappa shape index (κ1) is 22.3. The van der Waals surface area contributed by atoms with Crippen molar-refractivity contribution in [2.45, 2.75) is 27.3 Å². The highest BCUT2D eigenvalue weighted by molar-refractivity contribution is 5.95. The topological polar surface area (TPSA) is 101 Å². The maximum Gasteiger partial charge on any atom is 0.251 e. The molecule has 1 amide bonds. The molecule has 1 aliphatic heterocycles. The Morgan fingerprint density at radius 1 is 0.939 bits per heavy atom. The second-order valence-corrected chi connectivity index (χ2v) is 7.03. The van der Waals surface area contributed by atoms with E-state index < -0.39 is 0 Å². The fourth-order valence-corrected chi connectivity index (χ4v) is 3.37. The first-order valence-corrected chi connectivity index (χ1v) is 10.8. The van der Waals surface area contributed by atoms with Gasteiger partial charge in [0.25, 0.3) is 5.91 Å². The molecule has 9 heteroatoms. The molecule has 0 bridgehead atoms. The SMILES string of the molecule is CCOc1cc(C(=O)NCc2cc(-c3ccc4c(c3)OCO4)on2)cc(OCC)c1OCC. The highest BCUT2D eigenvalue weighted by Gasteiger charge is 2.19. The molecule has 0 radical (unpaired) electrons. The van der Waals surface area contributed by atoms with Crippen LogP contribution in [0, 0.1) is 0 Å². The Labute approximate surface area is 191 Å². The third-order valence-corrected chi connectivity index (χ3v) is 4.82. The Morgan fingerprint density at radius 3 is 2.33 bits per heavy atom. The third kappa shape index (κ3) is 4.97. The third-order valence-electron chi connectivity index (χ3n) is 4.82. The molecule has 0 aliphatic carbocycles. The van der Waals surface area contributed by atoms with Crippen molar-refractivity contribution in [2.75, 3.05) is 26.6 Å². The number of carbonyl (C=O) groups excluding carboxylic acids is 1. The quantitative estimate of drug-likeness (QED) is 0.487. The summed E-state index contributed by atoms with van der Waals surface area (Å²) in [5.74, 6) is 3.03. The summed E-state index contributed by atoms with van der Waals surface area (Å²) in [6, 6.07) is 10.6. The van der Waals surface area contributed by atoms with Crippen molar-refractivity contribution in [1.82, 2.24) is 10.5 Å². The van der Waals surface area contributed by atoms with E-state index in [-0.39, 0.29) is 19.2 Å². The number of fused-ring (bicyclic) bond motifs is 1. The van der Waals surface area contributed by atoms with Crippen LogP contribution in [0.2, 0.25) is 0 Å². The van der Waals surface area contributed by atoms with Crippen LogP contribution in [0.4, 0.5) is 0 Å². The molecule has 0 saturated heterocycles. The first-order chi connectivity index (χ1) is 16.1. The number of carbonyl (C=O) groups is 1. The van der Waals surface area contributed by atoms with E-state index in [9.17, 15) is 4.79 Å². The molecule has 1 aromatic heterocycles. The second-order valence-electron chi connectivity index (χ2n) is 7.03. The number of benzene rings is 2. The summed E-state index contributed by atoms with van der Waals surface area (Å²) in [4.78, 5) is 12.9. The van der Waals surface area contributed by atoms with Crippen molar-refractivity contribution < 1.29 is 33.0 Å². The minimum absolute atomic E-state index is 0.189. The van der Waals surface area contributed by atoms with Crippen LogP contribution in [-0.4, -0.2) is 37.7 Å². The normalized spacial score (nSPS) is 11.8. The van der Waals surface area contributed by atoms with Gasteiger partial charge >= 0.3 is 0 Å². The number of rotatable bonds is 10. The van der Waals surface area contributed by atoms with E-state index in [1.54, 1.807) is 18.2 Å². The smallest absolute Gasteiger partial charge is 0.251 e. The summed E-state index contributed by atoms with van der Waals surface area (Å²) in [6.45, 7) is 7.31. The number of amides is 1. The van der Waals surface area contributed by atoms with Crippen molar-refractivity contribution in [3.8, 4) is 40.1 Å². The number of ether oxygens (including phenoxy) is 5. The van der Waals surface area contributed by atoms with Gasteiger partial charge in [-0.1, -0.05) is 5.16 Å². The molecule has 0 saturated carbocycles. The average Bonchev–Trinajstić information content (AvgIpc) is 3.48. The monoisotopic (exact) mass is 454 g/mol. The molecule has 4 rings (SSSR count). The molecule has 1 aliphatic rings. The van der Waals surface area contributed by atoms with Gasteiger partial charge in [0.15, 0.2) is 28.8 Å². The summed E-state index contributed by atoms with van der Waals surface area (Å²) in [6.07, 6.45) is 0. The summed E-state index contributed by atoms with van der Waals surface area (Å²) in [5, 5.41) is 6.91. The number of hydrogen-bond acceptors (Lipinski definition) is 8. The van der Waals surface area contributed by atoms with Crippen molar-refractivity contribution in [3.63, 3.8) is 0 Å². The summed E-state index contributed by atoms with van der Waals surface area (Å²) in [5.41, 5.74) is 1.78. The Morgan fingerprint density at radius 2 is 1.64 bits per heavy atom. The minimum Gasteiger partial charge on any atom is -0.490 e. The summed E-state index contributed by atoms with van der Waals surface area (Å²) in [7, 11) is 0. The molecule has 33 heavy (non-hydrogen) atoms. The molecule has 2 heterocycles. The summed E-state index contributed by atoms with van der Waals surface area (Å²) < 4.78 is 33.2. The highest BCUT2D eigenvalue weighted by atomic mass is 16.7. The Bertz CT molecular complexity index is 1100. The lowest BCUT2D eigenvalue weighted by Crippen LogP contribution is -2.23. The number of nitrogens with one attached hydrogen (secondary N) is 1.